The molecule has 5 rings (SSSR count). The van der Waals surface area contributed by atoms with Crippen molar-refractivity contribution in [2.45, 2.75) is 57.0 Å². The van der Waals surface area contributed by atoms with E-state index in [9.17, 15) is 18.0 Å². The lowest BCUT2D eigenvalue weighted by molar-refractivity contribution is -0.146. The highest BCUT2D eigenvalue weighted by Gasteiger charge is 2.50. The van der Waals surface area contributed by atoms with Crippen molar-refractivity contribution in [3.8, 4) is 11.4 Å². The molecule has 1 aromatic heterocycles. The highest BCUT2D eigenvalue weighted by molar-refractivity contribution is 5.77. The summed E-state index contributed by atoms with van der Waals surface area (Å²) in [6.45, 7) is 5.99. The fraction of sp³-hybridized carbons (Fsp3) is 0.429. The van der Waals surface area contributed by atoms with Crippen molar-refractivity contribution >= 4 is 11.7 Å². The van der Waals surface area contributed by atoms with E-state index in [4.69, 9.17) is 14.2 Å². The van der Waals surface area contributed by atoms with Crippen LogP contribution in [0.15, 0.2) is 54.6 Å². The van der Waals surface area contributed by atoms with E-state index in [0.717, 1.165) is 5.56 Å². The molecule has 40 heavy (non-hydrogen) atoms. The zero-order valence-corrected chi connectivity index (χ0v) is 22.6. The van der Waals surface area contributed by atoms with E-state index >= 15 is 0 Å². The van der Waals surface area contributed by atoms with Gasteiger partial charge in [0.25, 0.3) is 5.82 Å². The van der Waals surface area contributed by atoms with Gasteiger partial charge >= 0.3 is 12.3 Å². The first-order valence-electron chi connectivity index (χ1n) is 12.9. The molecule has 0 saturated carbocycles. The maximum atomic E-state index is 13.7. The third-order valence-corrected chi connectivity index (χ3v) is 6.90. The number of piperidine rings is 1. The topological polar surface area (TPSA) is 91.6 Å². The monoisotopic (exact) mass is 557 g/mol. The molecule has 0 N–H and O–H groups in total. The minimum absolute atomic E-state index is 0.0924. The van der Waals surface area contributed by atoms with Gasteiger partial charge in [-0.3, -0.25) is 4.90 Å². The summed E-state index contributed by atoms with van der Waals surface area (Å²) in [6, 6.07) is 13.7. The number of carbonyl (C=O) groups is 1. The van der Waals surface area contributed by atoms with Crippen LogP contribution < -0.4 is 4.74 Å². The number of carbonyl (C=O) groups excluding carboxylic acids is 1. The average Bonchev–Trinajstić information content (AvgIpc) is 3.56. The Kier molecular flexibility index (Phi) is 7.07. The standard InChI is InChI=1S/C28H30F3N5O4/c1-26(2,3)40-25(37)35-14-8-13-27(23(35)18-9-6-5-7-10-18)16-19(17-39-27)21-15-20(38-4)11-12-22(21)36-24(28(29,30)31)32-33-34-36/h5-7,9-12,15-16,23H,8,13-14,17H2,1-4H3/t23-,27+/m0/s1. The summed E-state index contributed by atoms with van der Waals surface area (Å²) in [5.41, 5.74) is 0.398. The zero-order chi connectivity index (χ0) is 28.7. The van der Waals surface area contributed by atoms with Crippen molar-refractivity contribution < 1.29 is 32.2 Å². The van der Waals surface area contributed by atoms with Crippen molar-refractivity contribution in [2.75, 3.05) is 20.3 Å². The number of amides is 1. The number of likely N-dealkylation sites (tertiary alicyclic amines) is 1. The summed E-state index contributed by atoms with van der Waals surface area (Å²) in [7, 11) is 1.48. The molecule has 1 amide bonds. The molecule has 0 bridgehead atoms. The number of rotatable bonds is 4. The van der Waals surface area contributed by atoms with Crippen LogP contribution in [0, 0.1) is 0 Å². The van der Waals surface area contributed by atoms with E-state index in [0.29, 0.717) is 41.0 Å². The van der Waals surface area contributed by atoms with Crippen molar-refractivity contribution in [1.82, 2.24) is 25.1 Å². The number of ether oxygens (including phenoxy) is 3. The number of benzene rings is 2. The molecule has 3 aromatic rings. The molecular formula is C28H30F3N5O4. The Hall–Kier alpha value is -3.93. The molecule has 12 heteroatoms. The van der Waals surface area contributed by atoms with Gasteiger partial charge in [0.1, 0.15) is 17.0 Å². The molecule has 2 aliphatic heterocycles. The van der Waals surface area contributed by atoms with Crippen molar-refractivity contribution in [3.63, 3.8) is 0 Å². The Labute approximate surface area is 229 Å². The molecule has 2 atom stereocenters. The van der Waals surface area contributed by atoms with Crippen molar-refractivity contribution in [1.29, 1.82) is 0 Å². The van der Waals surface area contributed by atoms with E-state index in [1.807, 2.05) is 57.2 Å². The first-order valence-corrected chi connectivity index (χ1v) is 12.9. The number of hydrogen-bond donors (Lipinski definition) is 0. The van der Waals surface area contributed by atoms with Crippen LogP contribution in [0.3, 0.4) is 0 Å². The molecule has 9 nitrogen and oxygen atoms in total. The lowest BCUT2D eigenvalue weighted by Gasteiger charge is -2.47. The minimum atomic E-state index is -4.77. The number of nitrogens with zero attached hydrogens (tertiary/aromatic N) is 5. The second-order valence-electron chi connectivity index (χ2n) is 10.8. The number of alkyl halides is 3. The predicted molar refractivity (Wildman–Crippen MR) is 139 cm³/mol. The molecule has 2 aliphatic rings. The van der Waals surface area contributed by atoms with Gasteiger partial charge in [-0.15, -0.1) is 5.10 Å². The molecule has 0 aliphatic carbocycles. The van der Waals surface area contributed by atoms with Gasteiger partial charge in [0.15, 0.2) is 0 Å². The number of aromatic nitrogens is 4. The normalized spacial score (nSPS) is 21.4. The Morgan fingerprint density at radius 1 is 1.12 bits per heavy atom. The molecular weight excluding hydrogens is 527 g/mol. The zero-order valence-electron chi connectivity index (χ0n) is 22.6. The van der Waals surface area contributed by atoms with Gasteiger partial charge < -0.3 is 14.2 Å². The van der Waals surface area contributed by atoms with E-state index in [2.05, 4.69) is 15.5 Å². The van der Waals surface area contributed by atoms with Crippen LogP contribution in [-0.2, 0) is 15.7 Å². The molecule has 0 unspecified atom stereocenters. The van der Waals surface area contributed by atoms with Crippen LogP contribution in [0.4, 0.5) is 18.0 Å². The van der Waals surface area contributed by atoms with Crippen LogP contribution in [0.2, 0.25) is 0 Å². The molecule has 0 radical (unpaired) electrons. The SMILES string of the molecule is COc1ccc(-n2nnnc2C(F)(F)F)c(C2=C[C@@]3(CCCN(C(=O)OC(C)(C)C)[C@H]3c3ccccc3)OC2)c1. The summed E-state index contributed by atoms with van der Waals surface area (Å²) in [5, 5.41) is 10.1. The lowest BCUT2D eigenvalue weighted by Crippen LogP contribution is -2.53. The van der Waals surface area contributed by atoms with Gasteiger partial charge in [0.05, 0.1) is 25.4 Å². The summed E-state index contributed by atoms with van der Waals surface area (Å²) >= 11 is 0. The van der Waals surface area contributed by atoms with Crippen molar-refractivity contribution in [2.24, 2.45) is 0 Å². The van der Waals surface area contributed by atoms with E-state index in [-0.39, 0.29) is 12.3 Å². The molecule has 1 spiro atoms. The summed E-state index contributed by atoms with van der Waals surface area (Å²) in [6.07, 6.45) is -2.08. The summed E-state index contributed by atoms with van der Waals surface area (Å²) < 4.78 is 59.4. The van der Waals surface area contributed by atoms with Crippen LogP contribution in [0.25, 0.3) is 11.3 Å². The fourth-order valence-electron chi connectivity index (χ4n) is 5.33. The molecule has 1 saturated heterocycles. The van der Waals surface area contributed by atoms with Gasteiger partial charge in [-0.1, -0.05) is 30.3 Å². The quantitative estimate of drug-likeness (QED) is 0.412. The third kappa shape index (κ3) is 5.27. The summed E-state index contributed by atoms with van der Waals surface area (Å²) in [4.78, 5) is 15.1. The highest BCUT2D eigenvalue weighted by atomic mass is 19.4. The second-order valence-corrected chi connectivity index (χ2v) is 10.8. The number of methoxy groups -OCH3 is 1. The highest BCUT2D eigenvalue weighted by Crippen LogP contribution is 2.49. The third-order valence-electron chi connectivity index (χ3n) is 6.90. The number of hydrogen-bond acceptors (Lipinski definition) is 7. The summed E-state index contributed by atoms with van der Waals surface area (Å²) in [5.74, 6) is -0.801. The molecule has 3 heterocycles. The van der Waals surface area contributed by atoms with Crippen LogP contribution in [-0.4, -0.2) is 62.7 Å². The largest absolute Gasteiger partial charge is 0.497 e. The van der Waals surface area contributed by atoms with Gasteiger partial charge in [0.2, 0.25) is 0 Å². The average molecular weight is 558 g/mol. The Bertz CT molecular complexity index is 1420. The molecule has 212 valence electrons. The van der Waals surface area contributed by atoms with Gasteiger partial charge in [0, 0.05) is 12.1 Å². The van der Waals surface area contributed by atoms with Gasteiger partial charge in [-0.05, 0) is 79.5 Å². The molecule has 1 fully saturated rings. The smallest absolute Gasteiger partial charge is 0.453 e. The Morgan fingerprint density at radius 3 is 2.55 bits per heavy atom. The predicted octanol–water partition coefficient (Wildman–Crippen LogP) is 5.61. The Morgan fingerprint density at radius 2 is 1.88 bits per heavy atom. The van der Waals surface area contributed by atoms with Gasteiger partial charge in [-0.25, -0.2) is 4.79 Å². The van der Waals surface area contributed by atoms with E-state index in [1.165, 1.54) is 13.2 Å². The van der Waals surface area contributed by atoms with Crippen LogP contribution in [0.5, 0.6) is 5.75 Å². The maximum absolute atomic E-state index is 13.7. The second kappa shape index (κ2) is 10.2. The maximum Gasteiger partial charge on any atom is 0.453 e. The van der Waals surface area contributed by atoms with Gasteiger partial charge in [-0.2, -0.15) is 17.9 Å². The minimum Gasteiger partial charge on any atom is -0.497 e. The fourth-order valence-corrected chi connectivity index (χ4v) is 5.33. The first-order chi connectivity index (χ1) is 18.9. The first kappa shape index (κ1) is 27.6. The molecule has 2 aromatic carbocycles. The van der Waals surface area contributed by atoms with E-state index < -0.39 is 35.3 Å². The number of halogens is 3. The Balaban J connectivity index is 1.63. The van der Waals surface area contributed by atoms with Crippen molar-refractivity contribution in [3.05, 3.63) is 71.6 Å². The number of tetrazole rings is 1. The van der Waals surface area contributed by atoms with E-state index in [1.54, 1.807) is 17.0 Å². The van der Waals surface area contributed by atoms with Crippen LogP contribution >= 0.6 is 0 Å². The van der Waals surface area contributed by atoms with Crippen LogP contribution in [0.1, 0.15) is 56.6 Å². The lowest BCUT2D eigenvalue weighted by atomic mass is 9.80.